The zero-order chi connectivity index (χ0) is 18.5. The predicted octanol–water partition coefficient (Wildman–Crippen LogP) is 2.91. The highest BCUT2D eigenvalue weighted by molar-refractivity contribution is 9.25. The lowest BCUT2D eigenvalue weighted by Gasteiger charge is -2.50. The van der Waals surface area contributed by atoms with Crippen molar-refractivity contribution in [2.45, 2.75) is 28.2 Å². The Hall–Kier alpha value is -1.08. The molecule has 8 aliphatic rings. The van der Waals surface area contributed by atoms with E-state index in [0.29, 0.717) is 29.4 Å². The Morgan fingerprint density at radius 1 is 0.821 bits per heavy atom. The van der Waals surface area contributed by atoms with E-state index < -0.39 is 0 Å². The number of hydrogen-bond acceptors (Lipinski definition) is 2. The molecule has 0 radical (unpaired) electrons. The van der Waals surface area contributed by atoms with Crippen molar-refractivity contribution in [2.24, 2.45) is 46.3 Å². The average Bonchev–Trinajstić information content (AvgIpc) is 3.56. The van der Waals surface area contributed by atoms with E-state index in [2.05, 4.69) is 31.9 Å². The number of hydrogen-bond donors (Lipinski definition) is 0. The summed E-state index contributed by atoms with van der Waals surface area (Å²) in [7, 11) is 0. The molecule has 6 saturated carbocycles. The van der Waals surface area contributed by atoms with Crippen molar-refractivity contribution in [3.8, 4) is 5.69 Å². The minimum absolute atomic E-state index is 0.0980. The molecular weight excluding hydrogens is 486 g/mol. The molecule has 1 aromatic carbocycles. The highest BCUT2D eigenvalue weighted by Gasteiger charge is 3.05. The fourth-order valence-corrected chi connectivity index (χ4v) is 11.5. The third-order valence-electron chi connectivity index (χ3n) is 10.3. The largest absolute Gasteiger partial charge is 0.352 e. The minimum Gasteiger partial charge on any atom is -0.245 e. The van der Waals surface area contributed by atoms with Crippen molar-refractivity contribution in [3.05, 3.63) is 51.3 Å². The van der Waals surface area contributed by atoms with E-state index >= 15 is 0 Å². The molecule has 10 rings (SSSR count). The molecule has 5 nitrogen and oxygen atoms in total. The first kappa shape index (κ1) is 14.8. The minimum atomic E-state index is -0.118. The van der Waals surface area contributed by atoms with Gasteiger partial charge in [-0.25, -0.2) is 23.5 Å². The number of alkyl halides is 2. The molecule has 3 heterocycles. The van der Waals surface area contributed by atoms with Crippen molar-refractivity contribution in [3.63, 3.8) is 0 Å². The highest BCUT2D eigenvalue weighted by atomic mass is 79.9. The van der Waals surface area contributed by atoms with Crippen LogP contribution in [0.4, 0.5) is 0 Å². The van der Waals surface area contributed by atoms with Gasteiger partial charge in [0.25, 0.3) is 0 Å². The van der Waals surface area contributed by atoms with Gasteiger partial charge in [0.15, 0.2) is 0 Å². The third-order valence-corrected chi connectivity index (χ3v) is 12.6. The number of para-hydroxylation sites is 1. The van der Waals surface area contributed by atoms with E-state index in [1.165, 1.54) is 17.4 Å². The molecule has 7 heteroatoms. The molecule has 2 aliphatic heterocycles. The van der Waals surface area contributed by atoms with Gasteiger partial charge in [-0.2, -0.15) is 0 Å². The highest BCUT2D eigenvalue weighted by Crippen LogP contribution is 3.06. The number of benzene rings is 1. The normalized spacial score (nSPS) is 55.4. The molecule has 6 fully saturated rings. The van der Waals surface area contributed by atoms with Crippen LogP contribution in [0.15, 0.2) is 39.9 Å². The van der Waals surface area contributed by atoms with Crippen LogP contribution in [0.2, 0.25) is 0 Å². The van der Waals surface area contributed by atoms with Crippen molar-refractivity contribution in [1.29, 1.82) is 0 Å². The van der Waals surface area contributed by atoms with Gasteiger partial charge < -0.3 is 0 Å². The molecule has 2 aromatic rings. The molecule has 10 atom stereocenters. The number of aromatic nitrogens is 3. The summed E-state index contributed by atoms with van der Waals surface area (Å²) in [5.41, 5.74) is 1.03. The summed E-state index contributed by atoms with van der Waals surface area (Å²) in [6, 6.07) is 9.95. The maximum absolute atomic E-state index is 13.5. The first-order valence-corrected chi connectivity index (χ1v) is 12.0. The summed E-state index contributed by atoms with van der Waals surface area (Å²) in [5.74, 6) is 4.20. The third kappa shape index (κ3) is 1.06. The van der Waals surface area contributed by atoms with Gasteiger partial charge in [0.05, 0.1) is 21.0 Å². The van der Waals surface area contributed by atoms with Gasteiger partial charge >= 0.3 is 11.4 Å². The Balaban J connectivity index is 1.33. The van der Waals surface area contributed by atoms with Crippen molar-refractivity contribution < 1.29 is 0 Å². The molecule has 28 heavy (non-hydrogen) atoms. The van der Waals surface area contributed by atoms with Gasteiger partial charge in [-0.1, -0.05) is 50.1 Å². The van der Waals surface area contributed by atoms with E-state index in [1.54, 1.807) is 0 Å². The number of fused-ring (bicyclic) bond motifs is 1. The Kier molecular flexibility index (Phi) is 1.96. The Morgan fingerprint density at radius 3 is 1.89 bits per heavy atom. The fraction of sp³-hybridized carbons (Fsp3) is 0.619. The molecule has 0 N–H and O–H groups in total. The molecule has 0 amide bonds. The maximum Gasteiger partial charge on any atom is 0.352 e. The first-order chi connectivity index (χ1) is 13.5. The zero-order valence-corrected chi connectivity index (χ0v) is 18.0. The second-order valence-electron chi connectivity index (χ2n) is 10.4. The second kappa shape index (κ2) is 3.70. The van der Waals surface area contributed by atoms with E-state index in [9.17, 15) is 9.59 Å². The van der Waals surface area contributed by atoms with Gasteiger partial charge in [0.2, 0.25) is 0 Å². The zero-order valence-electron chi connectivity index (χ0n) is 14.8. The van der Waals surface area contributed by atoms with Crippen molar-refractivity contribution >= 4 is 31.9 Å². The van der Waals surface area contributed by atoms with Gasteiger partial charge in [0, 0.05) is 10.8 Å². The van der Waals surface area contributed by atoms with Gasteiger partial charge in [-0.3, -0.25) is 0 Å². The molecular formula is C21H17Br2N3O2. The smallest absolute Gasteiger partial charge is 0.245 e. The van der Waals surface area contributed by atoms with Crippen molar-refractivity contribution in [1.82, 2.24) is 13.9 Å². The second-order valence-corrected chi connectivity index (χ2v) is 14.1. The SMILES string of the molecule is O=c1n(-c2ccccc2)c(=O)n2n1[C@H]1[C@H]3C4C5[C@]16C[C@@H]1[C@H](C[C@]56[C@@H]2[C@@H]43)C1(Br)Br. The molecule has 1 aromatic heterocycles. The summed E-state index contributed by atoms with van der Waals surface area (Å²) in [6.07, 6.45) is 2.44. The standard InChI is InChI=1S/C21H17Br2N3O2/c22-21(23)9-6-19-14-11-12-13(11)16(20(14,19)7-10(9)21)26-18(28)24(8-4-2-1-3-5-8)17(27)25(26)15(12)19/h1-5,9-16H,6-7H2/t9-,10+,11?,12-,13-,14?,15-,16-,19+,20+/m0/s1. The van der Waals surface area contributed by atoms with Crippen LogP contribution in [0.5, 0.6) is 0 Å². The lowest BCUT2D eigenvalue weighted by atomic mass is 9.65. The topological polar surface area (TPSA) is 48.9 Å². The van der Waals surface area contributed by atoms with E-state index in [4.69, 9.17) is 0 Å². The van der Waals surface area contributed by atoms with Crippen LogP contribution in [0.1, 0.15) is 24.9 Å². The number of halogens is 2. The van der Waals surface area contributed by atoms with Gasteiger partial charge in [0.1, 0.15) is 0 Å². The molecule has 0 saturated heterocycles. The van der Waals surface area contributed by atoms with E-state index in [1.807, 2.05) is 39.7 Å². The summed E-state index contributed by atoms with van der Waals surface area (Å²) in [5, 5.41) is 0. The Bertz CT molecular complexity index is 1200. The van der Waals surface area contributed by atoms with Crippen LogP contribution in [-0.2, 0) is 0 Å². The first-order valence-electron chi connectivity index (χ1n) is 10.4. The number of nitrogens with zero attached hydrogens (tertiary/aromatic N) is 3. The fourth-order valence-electron chi connectivity index (χ4n) is 9.81. The van der Waals surface area contributed by atoms with Crippen LogP contribution in [0, 0.1) is 46.3 Å². The van der Waals surface area contributed by atoms with Crippen LogP contribution < -0.4 is 11.4 Å². The quantitative estimate of drug-likeness (QED) is 0.563. The van der Waals surface area contributed by atoms with E-state index in [0.717, 1.165) is 11.8 Å². The molecule has 142 valence electrons. The van der Waals surface area contributed by atoms with Gasteiger partial charge in [-0.05, 0) is 60.5 Å². The maximum atomic E-state index is 13.5. The van der Waals surface area contributed by atoms with Crippen LogP contribution in [0.3, 0.4) is 0 Å². The molecule has 2 spiro atoms. The Labute approximate surface area is 176 Å². The molecule has 2 bridgehead atoms. The number of rotatable bonds is 1. The lowest BCUT2D eigenvalue weighted by Crippen LogP contribution is -2.53. The predicted molar refractivity (Wildman–Crippen MR) is 108 cm³/mol. The monoisotopic (exact) mass is 501 g/mol. The summed E-state index contributed by atoms with van der Waals surface area (Å²) in [4.78, 5) is 27.1. The summed E-state index contributed by atoms with van der Waals surface area (Å²) in [6.45, 7) is 0. The van der Waals surface area contributed by atoms with Crippen molar-refractivity contribution in [2.75, 3.05) is 0 Å². The van der Waals surface area contributed by atoms with Crippen LogP contribution in [-0.4, -0.2) is 17.2 Å². The average molecular weight is 503 g/mol. The molecule has 2 unspecified atom stereocenters. The van der Waals surface area contributed by atoms with E-state index in [-0.39, 0.29) is 37.5 Å². The summed E-state index contributed by atoms with van der Waals surface area (Å²) >= 11 is 7.86. The summed E-state index contributed by atoms with van der Waals surface area (Å²) < 4.78 is 5.38. The lowest BCUT2D eigenvalue weighted by molar-refractivity contribution is -0.0268. The molecule has 6 aliphatic carbocycles. The van der Waals surface area contributed by atoms with Crippen LogP contribution >= 0.6 is 31.9 Å². The Morgan fingerprint density at radius 2 is 1.36 bits per heavy atom. The van der Waals surface area contributed by atoms with Crippen LogP contribution in [0.25, 0.3) is 5.69 Å². The van der Waals surface area contributed by atoms with Gasteiger partial charge in [-0.15, -0.1) is 0 Å².